The average molecular weight is 264 g/mol. The summed E-state index contributed by atoms with van der Waals surface area (Å²) in [5, 5.41) is 0. The maximum Gasteiger partial charge on any atom is 0.313 e. The zero-order valence-electron chi connectivity index (χ0n) is 11.4. The van der Waals surface area contributed by atoms with Gasteiger partial charge in [0.15, 0.2) is 0 Å². The van der Waals surface area contributed by atoms with Gasteiger partial charge in [-0.1, -0.05) is 18.2 Å². The monoisotopic (exact) mass is 264 g/mol. The van der Waals surface area contributed by atoms with Crippen molar-refractivity contribution in [3.8, 4) is 5.75 Å². The van der Waals surface area contributed by atoms with Crippen LogP contribution < -0.4 is 4.74 Å². The van der Waals surface area contributed by atoms with Crippen LogP contribution in [0.4, 0.5) is 0 Å². The van der Waals surface area contributed by atoms with Crippen molar-refractivity contribution in [2.45, 2.75) is 31.8 Å². The van der Waals surface area contributed by atoms with Gasteiger partial charge < -0.3 is 14.2 Å². The molecule has 4 heteroatoms. The van der Waals surface area contributed by atoms with E-state index in [2.05, 4.69) is 0 Å². The first-order valence-corrected chi connectivity index (χ1v) is 6.63. The lowest BCUT2D eigenvalue weighted by atomic mass is 9.93. The molecule has 0 fully saturated rings. The molecule has 1 aliphatic rings. The highest BCUT2D eigenvalue weighted by molar-refractivity contribution is 5.79. The standard InChI is InChI=1S/C15H20O4/c1-11(17-2)7-9-19-15(16)13-8-10-18-14-6-4-3-5-12(13)14/h3-6,11,13H,7-10H2,1-2H3/t11-,13+/m0/s1. The highest BCUT2D eigenvalue weighted by Crippen LogP contribution is 2.34. The molecule has 0 unspecified atom stereocenters. The van der Waals surface area contributed by atoms with Gasteiger partial charge in [0.05, 0.1) is 25.2 Å². The fraction of sp³-hybridized carbons (Fsp3) is 0.533. The Hall–Kier alpha value is -1.55. The van der Waals surface area contributed by atoms with Crippen molar-refractivity contribution in [1.29, 1.82) is 0 Å². The molecule has 0 aliphatic carbocycles. The van der Waals surface area contributed by atoms with Crippen LogP contribution in [0.25, 0.3) is 0 Å². The van der Waals surface area contributed by atoms with Crippen LogP contribution in [0.3, 0.4) is 0 Å². The number of fused-ring (bicyclic) bond motifs is 1. The van der Waals surface area contributed by atoms with Crippen LogP contribution in [0.2, 0.25) is 0 Å². The molecule has 19 heavy (non-hydrogen) atoms. The number of methoxy groups -OCH3 is 1. The van der Waals surface area contributed by atoms with Crippen LogP contribution in [0.5, 0.6) is 5.75 Å². The Labute approximate surface area is 113 Å². The number of carbonyl (C=O) groups is 1. The molecule has 1 aromatic carbocycles. The van der Waals surface area contributed by atoms with E-state index in [1.54, 1.807) is 7.11 Å². The molecule has 0 radical (unpaired) electrons. The summed E-state index contributed by atoms with van der Waals surface area (Å²) in [6.07, 6.45) is 1.50. The molecule has 1 heterocycles. The summed E-state index contributed by atoms with van der Waals surface area (Å²) >= 11 is 0. The van der Waals surface area contributed by atoms with Crippen molar-refractivity contribution >= 4 is 5.97 Å². The topological polar surface area (TPSA) is 44.8 Å². The number of rotatable bonds is 5. The van der Waals surface area contributed by atoms with E-state index in [9.17, 15) is 4.79 Å². The Morgan fingerprint density at radius 3 is 3.05 bits per heavy atom. The Morgan fingerprint density at radius 2 is 2.26 bits per heavy atom. The molecule has 0 saturated heterocycles. The zero-order chi connectivity index (χ0) is 13.7. The number of benzene rings is 1. The van der Waals surface area contributed by atoms with Crippen LogP contribution in [-0.2, 0) is 14.3 Å². The van der Waals surface area contributed by atoms with Gasteiger partial charge in [0, 0.05) is 19.1 Å². The number of ether oxygens (including phenoxy) is 3. The fourth-order valence-corrected chi connectivity index (χ4v) is 2.13. The Kier molecular flexibility index (Phi) is 4.80. The van der Waals surface area contributed by atoms with Crippen LogP contribution in [-0.4, -0.2) is 32.4 Å². The van der Waals surface area contributed by atoms with Crippen molar-refractivity contribution in [3.63, 3.8) is 0 Å². The molecule has 0 N–H and O–H groups in total. The Morgan fingerprint density at radius 1 is 1.47 bits per heavy atom. The summed E-state index contributed by atoms with van der Waals surface area (Å²) in [4.78, 5) is 12.1. The van der Waals surface area contributed by atoms with E-state index < -0.39 is 0 Å². The van der Waals surface area contributed by atoms with E-state index in [1.807, 2.05) is 31.2 Å². The summed E-state index contributed by atoms with van der Waals surface area (Å²) in [5.74, 6) is 0.419. The normalized spacial score (nSPS) is 19.2. The smallest absolute Gasteiger partial charge is 0.313 e. The number of carbonyl (C=O) groups excluding carboxylic acids is 1. The highest BCUT2D eigenvalue weighted by atomic mass is 16.5. The lowest BCUT2D eigenvalue weighted by Crippen LogP contribution is -2.24. The SMILES string of the molecule is CO[C@@H](C)CCOC(=O)[C@@H]1CCOc2ccccc21. The third kappa shape index (κ3) is 3.47. The van der Waals surface area contributed by atoms with Crippen molar-refractivity contribution in [2.75, 3.05) is 20.3 Å². The summed E-state index contributed by atoms with van der Waals surface area (Å²) in [5.41, 5.74) is 0.929. The number of para-hydroxylation sites is 1. The average Bonchev–Trinajstić information content (AvgIpc) is 2.46. The summed E-state index contributed by atoms with van der Waals surface area (Å²) < 4.78 is 16.0. The van der Waals surface area contributed by atoms with Gasteiger partial charge >= 0.3 is 5.97 Å². The molecule has 2 atom stereocenters. The van der Waals surface area contributed by atoms with Crippen LogP contribution in [0.1, 0.15) is 31.2 Å². The summed E-state index contributed by atoms with van der Waals surface area (Å²) in [6, 6.07) is 7.65. The zero-order valence-corrected chi connectivity index (χ0v) is 11.4. The van der Waals surface area contributed by atoms with E-state index in [4.69, 9.17) is 14.2 Å². The van der Waals surface area contributed by atoms with E-state index >= 15 is 0 Å². The number of hydrogen-bond donors (Lipinski definition) is 0. The molecular weight excluding hydrogens is 244 g/mol. The Bertz CT molecular complexity index is 430. The highest BCUT2D eigenvalue weighted by Gasteiger charge is 2.28. The van der Waals surface area contributed by atoms with Crippen LogP contribution in [0.15, 0.2) is 24.3 Å². The van der Waals surface area contributed by atoms with E-state index in [0.29, 0.717) is 26.1 Å². The second-order valence-corrected chi connectivity index (χ2v) is 4.73. The first-order chi connectivity index (χ1) is 9.22. The maximum atomic E-state index is 12.1. The largest absolute Gasteiger partial charge is 0.493 e. The maximum absolute atomic E-state index is 12.1. The third-order valence-electron chi connectivity index (χ3n) is 3.41. The minimum atomic E-state index is -0.206. The summed E-state index contributed by atoms with van der Waals surface area (Å²) in [7, 11) is 1.65. The third-order valence-corrected chi connectivity index (χ3v) is 3.41. The molecule has 0 amide bonds. The molecule has 104 valence electrons. The first kappa shape index (κ1) is 13.9. The molecule has 2 rings (SSSR count). The molecule has 0 saturated carbocycles. The first-order valence-electron chi connectivity index (χ1n) is 6.63. The molecule has 4 nitrogen and oxygen atoms in total. The van der Waals surface area contributed by atoms with Gasteiger partial charge in [0.1, 0.15) is 5.75 Å². The van der Waals surface area contributed by atoms with Gasteiger partial charge in [-0.3, -0.25) is 4.79 Å². The van der Waals surface area contributed by atoms with Crippen molar-refractivity contribution in [1.82, 2.24) is 0 Å². The second-order valence-electron chi connectivity index (χ2n) is 4.73. The Balaban J connectivity index is 1.93. The van der Waals surface area contributed by atoms with Gasteiger partial charge in [-0.2, -0.15) is 0 Å². The predicted octanol–water partition coefficient (Wildman–Crippen LogP) is 2.52. The van der Waals surface area contributed by atoms with Gasteiger partial charge in [0.25, 0.3) is 0 Å². The predicted molar refractivity (Wildman–Crippen MR) is 71.3 cm³/mol. The van der Waals surface area contributed by atoms with Gasteiger partial charge in [-0.25, -0.2) is 0 Å². The minimum Gasteiger partial charge on any atom is -0.493 e. The number of esters is 1. The molecular formula is C15H20O4. The minimum absolute atomic E-state index is 0.106. The second kappa shape index (κ2) is 6.57. The molecule has 1 aliphatic heterocycles. The molecule has 0 aromatic heterocycles. The van der Waals surface area contributed by atoms with Crippen molar-refractivity contribution in [2.24, 2.45) is 0 Å². The fourth-order valence-electron chi connectivity index (χ4n) is 2.13. The quantitative estimate of drug-likeness (QED) is 0.767. The van der Waals surface area contributed by atoms with Gasteiger partial charge in [-0.15, -0.1) is 0 Å². The lowest BCUT2D eigenvalue weighted by molar-refractivity contribution is -0.146. The van der Waals surface area contributed by atoms with E-state index in [1.165, 1.54) is 0 Å². The lowest BCUT2D eigenvalue weighted by Gasteiger charge is -2.24. The number of hydrogen-bond acceptors (Lipinski definition) is 4. The van der Waals surface area contributed by atoms with Gasteiger partial charge in [0.2, 0.25) is 0 Å². The van der Waals surface area contributed by atoms with E-state index in [-0.39, 0.29) is 18.0 Å². The molecule has 0 bridgehead atoms. The van der Waals surface area contributed by atoms with E-state index in [0.717, 1.165) is 11.3 Å². The van der Waals surface area contributed by atoms with Crippen LogP contribution >= 0.6 is 0 Å². The summed E-state index contributed by atoms with van der Waals surface area (Å²) in [6.45, 7) is 2.91. The van der Waals surface area contributed by atoms with Crippen molar-refractivity contribution < 1.29 is 19.0 Å². The molecule has 1 aromatic rings. The van der Waals surface area contributed by atoms with Crippen molar-refractivity contribution in [3.05, 3.63) is 29.8 Å². The van der Waals surface area contributed by atoms with Crippen LogP contribution in [0, 0.1) is 0 Å². The molecule has 0 spiro atoms. The van der Waals surface area contributed by atoms with Gasteiger partial charge in [-0.05, 0) is 19.4 Å².